The van der Waals surface area contributed by atoms with E-state index in [0.29, 0.717) is 22.8 Å². The number of nitrogens with zero attached hydrogens (tertiary/aromatic N) is 1. The van der Waals surface area contributed by atoms with Gasteiger partial charge in [-0.3, -0.25) is 9.59 Å². The molecule has 0 saturated carbocycles. The summed E-state index contributed by atoms with van der Waals surface area (Å²) >= 11 is 6.00. The maximum Gasteiger partial charge on any atom is 0.254 e. The van der Waals surface area contributed by atoms with E-state index in [1.54, 1.807) is 18.2 Å². The van der Waals surface area contributed by atoms with Crippen LogP contribution in [0.5, 0.6) is 0 Å². The number of amides is 2. The summed E-state index contributed by atoms with van der Waals surface area (Å²) in [5.41, 5.74) is 2.14. The van der Waals surface area contributed by atoms with Crippen LogP contribution in [0.25, 0.3) is 10.8 Å². The van der Waals surface area contributed by atoms with Crippen molar-refractivity contribution in [3.05, 3.63) is 76.8 Å². The zero-order valence-electron chi connectivity index (χ0n) is 15.3. The molecule has 0 aliphatic rings. The van der Waals surface area contributed by atoms with E-state index in [0.717, 1.165) is 16.3 Å². The van der Waals surface area contributed by atoms with Crippen LogP contribution in [0.15, 0.2) is 60.7 Å². The highest BCUT2D eigenvalue weighted by Gasteiger charge is 2.18. The van der Waals surface area contributed by atoms with Gasteiger partial charge in [0.2, 0.25) is 5.91 Å². The van der Waals surface area contributed by atoms with Crippen molar-refractivity contribution >= 4 is 39.9 Å². The first-order valence-electron chi connectivity index (χ1n) is 8.82. The molecule has 3 aromatic rings. The molecule has 4 nitrogen and oxygen atoms in total. The van der Waals surface area contributed by atoms with E-state index >= 15 is 0 Å². The predicted molar refractivity (Wildman–Crippen MR) is 110 cm³/mol. The number of likely N-dealkylation sites (N-methyl/N-ethyl adjacent to an activating group) is 1. The van der Waals surface area contributed by atoms with Crippen molar-refractivity contribution in [2.24, 2.45) is 0 Å². The summed E-state index contributed by atoms with van der Waals surface area (Å²) in [6.45, 7) is 4.17. The van der Waals surface area contributed by atoms with Gasteiger partial charge in [-0.05, 0) is 54.4 Å². The lowest BCUT2D eigenvalue weighted by Crippen LogP contribution is -2.38. The Balaban J connectivity index is 1.74. The highest BCUT2D eigenvalue weighted by atomic mass is 35.5. The second-order valence-corrected chi connectivity index (χ2v) is 6.83. The van der Waals surface area contributed by atoms with Crippen molar-refractivity contribution in [2.45, 2.75) is 13.8 Å². The fourth-order valence-corrected chi connectivity index (χ4v) is 3.10. The predicted octanol–water partition coefficient (Wildman–Crippen LogP) is 4.90. The Morgan fingerprint density at radius 3 is 2.48 bits per heavy atom. The summed E-state index contributed by atoms with van der Waals surface area (Å²) in [5, 5.41) is 5.46. The monoisotopic (exact) mass is 380 g/mol. The molecule has 0 fully saturated rings. The van der Waals surface area contributed by atoms with Gasteiger partial charge in [-0.15, -0.1) is 0 Å². The number of fused-ring (bicyclic) bond motifs is 1. The third-order valence-electron chi connectivity index (χ3n) is 4.47. The van der Waals surface area contributed by atoms with Gasteiger partial charge in [0.1, 0.15) is 6.54 Å². The fourth-order valence-electron chi connectivity index (χ4n) is 2.92. The molecule has 0 saturated heterocycles. The van der Waals surface area contributed by atoms with E-state index in [1.165, 1.54) is 4.90 Å². The number of benzene rings is 3. The van der Waals surface area contributed by atoms with Crippen LogP contribution in [-0.2, 0) is 4.79 Å². The molecular formula is C22H21ClN2O2. The Morgan fingerprint density at radius 2 is 1.74 bits per heavy atom. The van der Waals surface area contributed by atoms with Gasteiger partial charge in [0.15, 0.2) is 0 Å². The molecule has 0 aliphatic heterocycles. The standard InChI is InChI=1S/C22H21ClN2O2/c1-3-25(14-21(26)24-20-13-19(23)11-8-15(20)2)22(27)18-10-9-16-6-4-5-7-17(16)12-18/h4-13H,3,14H2,1-2H3,(H,24,26). The summed E-state index contributed by atoms with van der Waals surface area (Å²) in [4.78, 5) is 26.8. The Morgan fingerprint density at radius 1 is 1.00 bits per heavy atom. The fraction of sp³-hybridized carbons (Fsp3) is 0.182. The van der Waals surface area contributed by atoms with Gasteiger partial charge < -0.3 is 10.2 Å². The number of carbonyl (C=O) groups is 2. The number of hydrogen-bond acceptors (Lipinski definition) is 2. The molecule has 0 spiro atoms. The van der Waals surface area contributed by atoms with Crippen LogP contribution in [0.3, 0.4) is 0 Å². The average molecular weight is 381 g/mol. The highest BCUT2D eigenvalue weighted by molar-refractivity contribution is 6.31. The van der Waals surface area contributed by atoms with Crippen LogP contribution in [0.4, 0.5) is 5.69 Å². The number of aryl methyl sites for hydroxylation is 1. The van der Waals surface area contributed by atoms with E-state index in [4.69, 9.17) is 11.6 Å². The zero-order chi connectivity index (χ0) is 19.4. The van der Waals surface area contributed by atoms with Crippen molar-refractivity contribution in [3.8, 4) is 0 Å². The molecule has 2 amide bonds. The molecule has 0 aliphatic carbocycles. The number of anilines is 1. The van der Waals surface area contributed by atoms with E-state index < -0.39 is 0 Å². The smallest absolute Gasteiger partial charge is 0.254 e. The van der Waals surface area contributed by atoms with Crippen LogP contribution < -0.4 is 5.32 Å². The molecule has 0 atom stereocenters. The summed E-state index contributed by atoms with van der Waals surface area (Å²) < 4.78 is 0. The zero-order valence-corrected chi connectivity index (χ0v) is 16.1. The number of carbonyl (C=O) groups excluding carboxylic acids is 2. The molecule has 27 heavy (non-hydrogen) atoms. The molecule has 0 unspecified atom stereocenters. The Hall–Kier alpha value is -2.85. The summed E-state index contributed by atoms with van der Waals surface area (Å²) in [6, 6.07) is 18.8. The molecule has 3 aromatic carbocycles. The second kappa shape index (κ2) is 8.23. The van der Waals surface area contributed by atoms with Crippen molar-refractivity contribution < 1.29 is 9.59 Å². The molecular weight excluding hydrogens is 360 g/mol. The van der Waals surface area contributed by atoms with E-state index in [1.807, 2.05) is 56.3 Å². The maximum atomic E-state index is 12.9. The Bertz CT molecular complexity index is 1000. The highest BCUT2D eigenvalue weighted by Crippen LogP contribution is 2.20. The molecule has 5 heteroatoms. The minimum atomic E-state index is -0.253. The lowest BCUT2D eigenvalue weighted by molar-refractivity contribution is -0.116. The summed E-state index contributed by atoms with van der Waals surface area (Å²) in [6.07, 6.45) is 0. The van der Waals surface area contributed by atoms with E-state index in [-0.39, 0.29) is 18.4 Å². The Kier molecular flexibility index (Phi) is 5.77. The Labute approximate surface area is 163 Å². The molecule has 0 radical (unpaired) electrons. The average Bonchev–Trinajstić information content (AvgIpc) is 2.68. The van der Waals surface area contributed by atoms with Gasteiger partial charge in [-0.2, -0.15) is 0 Å². The van der Waals surface area contributed by atoms with Gasteiger partial charge in [0, 0.05) is 22.8 Å². The largest absolute Gasteiger partial charge is 0.330 e. The third-order valence-corrected chi connectivity index (χ3v) is 4.71. The molecule has 0 heterocycles. The van der Waals surface area contributed by atoms with Crippen molar-refractivity contribution in [1.29, 1.82) is 0 Å². The molecule has 0 aromatic heterocycles. The third kappa shape index (κ3) is 4.47. The van der Waals surface area contributed by atoms with Crippen LogP contribution in [0.1, 0.15) is 22.8 Å². The quantitative estimate of drug-likeness (QED) is 0.684. The first kappa shape index (κ1) is 18.9. The maximum absolute atomic E-state index is 12.9. The number of hydrogen-bond donors (Lipinski definition) is 1. The van der Waals surface area contributed by atoms with Crippen LogP contribution >= 0.6 is 11.6 Å². The normalized spacial score (nSPS) is 10.6. The van der Waals surface area contributed by atoms with Crippen LogP contribution in [-0.4, -0.2) is 29.8 Å². The van der Waals surface area contributed by atoms with Crippen LogP contribution in [0, 0.1) is 6.92 Å². The second-order valence-electron chi connectivity index (χ2n) is 6.39. The SMILES string of the molecule is CCN(CC(=O)Nc1cc(Cl)ccc1C)C(=O)c1ccc2ccccc2c1. The van der Waals surface area contributed by atoms with Gasteiger partial charge in [-0.25, -0.2) is 0 Å². The molecule has 1 N–H and O–H groups in total. The summed E-state index contributed by atoms with van der Waals surface area (Å²) in [7, 11) is 0. The summed E-state index contributed by atoms with van der Waals surface area (Å²) in [5.74, 6) is -0.419. The lowest BCUT2D eigenvalue weighted by atomic mass is 10.1. The molecule has 138 valence electrons. The topological polar surface area (TPSA) is 49.4 Å². The van der Waals surface area contributed by atoms with E-state index in [2.05, 4.69) is 5.32 Å². The minimum Gasteiger partial charge on any atom is -0.330 e. The van der Waals surface area contributed by atoms with Crippen molar-refractivity contribution in [3.63, 3.8) is 0 Å². The van der Waals surface area contributed by atoms with Gasteiger partial charge >= 0.3 is 0 Å². The van der Waals surface area contributed by atoms with E-state index in [9.17, 15) is 9.59 Å². The molecule has 0 bridgehead atoms. The first-order valence-corrected chi connectivity index (χ1v) is 9.20. The lowest BCUT2D eigenvalue weighted by Gasteiger charge is -2.21. The number of halogens is 1. The number of nitrogens with one attached hydrogen (secondary N) is 1. The number of rotatable bonds is 5. The van der Waals surface area contributed by atoms with Crippen molar-refractivity contribution in [2.75, 3.05) is 18.4 Å². The molecule has 3 rings (SSSR count). The van der Waals surface area contributed by atoms with Gasteiger partial charge in [0.05, 0.1) is 0 Å². The van der Waals surface area contributed by atoms with Gasteiger partial charge in [0.25, 0.3) is 5.91 Å². The van der Waals surface area contributed by atoms with Gasteiger partial charge in [-0.1, -0.05) is 48.0 Å². The minimum absolute atomic E-state index is 0.0197. The first-order chi connectivity index (χ1) is 13.0. The van der Waals surface area contributed by atoms with Crippen LogP contribution in [0.2, 0.25) is 5.02 Å². The van der Waals surface area contributed by atoms with Crippen molar-refractivity contribution in [1.82, 2.24) is 4.90 Å².